The minimum absolute atomic E-state index is 0.198. The fourth-order valence-corrected chi connectivity index (χ4v) is 1.55. The molecule has 0 amide bonds. The molecule has 0 saturated heterocycles. The van der Waals surface area contributed by atoms with Gasteiger partial charge in [-0.3, -0.25) is 4.68 Å². The number of furan rings is 1. The topological polar surface area (TPSA) is 80.3 Å². The molecule has 0 aliphatic carbocycles. The molecule has 2 aromatic rings. The van der Waals surface area contributed by atoms with Gasteiger partial charge in [0.05, 0.1) is 19.0 Å². The summed E-state index contributed by atoms with van der Waals surface area (Å²) in [5.74, 6) is -0.543. The molecule has 2 N–H and O–H groups in total. The van der Waals surface area contributed by atoms with E-state index in [2.05, 4.69) is 10.4 Å². The maximum absolute atomic E-state index is 10.8. The summed E-state index contributed by atoms with van der Waals surface area (Å²) in [7, 11) is 1.85. The molecule has 0 aliphatic heterocycles. The lowest BCUT2D eigenvalue weighted by Gasteiger charge is -2.01. The predicted molar refractivity (Wildman–Crippen MR) is 59.4 cm³/mol. The van der Waals surface area contributed by atoms with E-state index in [0.29, 0.717) is 18.8 Å². The lowest BCUT2D eigenvalue weighted by atomic mass is 10.2. The number of carbonyl (C=O) groups is 1. The number of aryl methyl sites for hydroxylation is 1. The van der Waals surface area contributed by atoms with Crippen molar-refractivity contribution in [2.45, 2.75) is 13.1 Å². The second kappa shape index (κ2) is 4.84. The second-order valence-electron chi connectivity index (χ2n) is 3.69. The van der Waals surface area contributed by atoms with Crippen LogP contribution in [0.2, 0.25) is 0 Å². The number of carboxylic acid groups (broad SMARTS) is 1. The summed E-state index contributed by atoms with van der Waals surface area (Å²) >= 11 is 0. The standard InChI is InChI=1S/C11H13N3O3/c1-14-7-8(5-13-14)4-12-6-10-9(11(15)16)2-3-17-10/h2-3,5,7,12H,4,6H2,1H3,(H,15,16). The zero-order valence-corrected chi connectivity index (χ0v) is 9.38. The minimum Gasteiger partial charge on any atom is -0.478 e. The summed E-state index contributed by atoms with van der Waals surface area (Å²) in [5, 5.41) is 16.0. The number of rotatable bonds is 5. The van der Waals surface area contributed by atoms with Crippen LogP contribution in [0.15, 0.2) is 29.1 Å². The fourth-order valence-electron chi connectivity index (χ4n) is 1.55. The third-order valence-corrected chi connectivity index (χ3v) is 2.35. The van der Waals surface area contributed by atoms with Crippen LogP contribution in [0.25, 0.3) is 0 Å². The van der Waals surface area contributed by atoms with E-state index in [9.17, 15) is 4.79 Å². The maximum atomic E-state index is 10.8. The van der Waals surface area contributed by atoms with Crippen LogP contribution in [-0.2, 0) is 20.1 Å². The van der Waals surface area contributed by atoms with Crippen molar-refractivity contribution in [1.82, 2.24) is 15.1 Å². The van der Waals surface area contributed by atoms with Crippen LogP contribution in [-0.4, -0.2) is 20.9 Å². The van der Waals surface area contributed by atoms with Crippen LogP contribution in [0, 0.1) is 0 Å². The molecule has 90 valence electrons. The Bertz CT molecular complexity index is 516. The van der Waals surface area contributed by atoms with Gasteiger partial charge in [0.2, 0.25) is 0 Å². The Morgan fingerprint density at radius 2 is 2.41 bits per heavy atom. The van der Waals surface area contributed by atoms with Crippen molar-refractivity contribution in [3.63, 3.8) is 0 Å². The highest BCUT2D eigenvalue weighted by Gasteiger charge is 2.12. The molecule has 0 bridgehead atoms. The van der Waals surface area contributed by atoms with Gasteiger partial charge in [-0.05, 0) is 6.07 Å². The lowest BCUT2D eigenvalue weighted by Crippen LogP contribution is -2.14. The second-order valence-corrected chi connectivity index (χ2v) is 3.69. The van der Waals surface area contributed by atoms with E-state index in [-0.39, 0.29) is 5.56 Å². The van der Waals surface area contributed by atoms with Gasteiger partial charge in [0.15, 0.2) is 0 Å². The molecule has 0 fully saturated rings. The van der Waals surface area contributed by atoms with Crippen LogP contribution >= 0.6 is 0 Å². The Balaban J connectivity index is 1.90. The molecule has 6 nitrogen and oxygen atoms in total. The Kier molecular flexibility index (Phi) is 3.24. The molecule has 0 atom stereocenters. The first-order chi connectivity index (χ1) is 8.16. The van der Waals surface area contributed by atoms with Gasteiger partial charge in [-0.25, -0.2) is 4.79 Å². The molecule has 0 aliphatic rings. The number of hydrogen-bond acceptors (Lipinski definition) is 4. The third-order valence-electron chi connectivity index (χ3n) is 2.35. The van der Waals surface area contributed by atoms with Crippen LogP contribution in [0.1, 0.15) is 21.7 Å². The predicted octanol–water partition coefficient (Wildman–Crippen LogP) is 1.00. The zero-order valence-electron chi connectivity index (χ0n) is 9.38. The molecule has 0 saturated carbocycles. The Hall–Kier alpha value is -2.08. The molecule has 2 heterocycles. The lowest BCUT2D eigenvalue weighted by molar-refractivity contribution is 0.0694. The number of nitrogens with zero attached hydrogens (tertiary/aromatic N) is 2. The molecule has 6 heteroatoms. The van der Waals surface area contributed by atoms with Gasteiger partial charge in [-0.15, -0.1) is 0 Å². The van der Waals surface area contributed by atoms with Crippen molar-refractivity contribution in [1.29, 1.82) is 0 Å². The van der Waals surface area contributed by atoms with Gasteiger partial charge in [-0.2, -0.15) is 5.10 Å². The summed E-state index contributed by atoms with van der Waals surface area (Å²) < 4.78 is 6.82. The van der Waals surface area contributed by atoms with Crippen molar-refractivity contribution in [2.75, 3.05) is 0 Å². The highest BCUT2D eigenvalue weighted by atomic mass is 16.4. The van der Waals surface area contributed by atoms with Gasteiger partial charge in [0.1, 0.15) is 11.3 Å². The monoisotopic (exact) mass is 235 g/mol. The zero-order chi connectivity index (χ0) is 12.3. The normalized spacial score (nSPS) is 10.6. The Morgan fingerprint density at radius 3 is 3.06 bits per heavy atom. The van der Waals surface area contributed by atoms with Gasteiger partial charge in [-0.1, -0.05) is 0 Å². The summed E-state index contributed by atoms with van der Waals surface area (Å²) in [6.45, 7) is 0.997. The number of hydrogen-bond donors (Lipinski definition) is 2. The summed E-state index contributed by atoms with van der Waals surface area (Å²) in [6, 6.07) is 1.45. The van der Waals surface area contributed by atoms with Gasteiger partial charge in [0.25, 0.3) is 0 Å². The van der Waals surface area contributed by atoms with Crippen LogP contribution in [0.3, 0.4) is 0 Å². The quantitative estimate of drug-likeness (QED) is 0.808. The van der Waals surface area contributed by atoms with Crippen molar-refractivity contribution in [3.8, 4) is 0 Å². The van der Waals surface area contributed by atoms with E-state index >= 15 is 0 Å². The van der Waals surface area contributed by atoms with Gasteiger partial charge < -0.3 is 14.8 Å². The van der Waals surface area contributed by atoms with E-state index in [0.717, 1.165) is 5.56 Å². The number of aromatic nitrogens is 2. The molecule has 0 unspecified atom stereocenters. The van der Waals surface area contributed by atoms with Gasteiger partial charge in [0, 0.05) is 25.4 Å². The summed E-state index contributed by atoms with van der Waals surface area (Å²) in [4.78, 5) is 10.8. The van der Waals surface area contributed by atoms with Crippen LogP contribution in [0.4, 0.5) is 0 Å². The van der Waals surface area contributed by atoms with Crippen LogP contribution in [0.5, 0.6) is 0 Å². The van der Waals surface area contributed by atoms with E-state index in [4.69, 9.17) is 9.52 Å². The average Bonchev–Trinajstić information content (AvgIpc) is 2.87. The smallest absolute Gasteiger partial charge is 0.339 e. The maximum Gasteiger partial charge on any atom is 0.339 e. The van der Waals surface area contributed by atoms with E-state index in [1.807, 2.05) is 13.2 Å². The third kappa shape index (κ3) is 2.73. The Labute approximate surface area is 97.9 Å². The SMILES string of the molecule is Cn1cc(CNCc2occc2C(=O)O)cn1. The Morgan fingerprint density at radius 1 is 1.59 bits per heavy atom. The first-order valence-electron chi connectivity index (χ1n) is 5.14. The van der Waals surface area contributed by atoms with E-state index in [1.165, 1.54) is 12.3 Å². The molecular formula is C11H13N3O3. The highest BCUT2D eigenvalue weighted by molar-refractivity contribution is 5.88. The largest absolute Gasteiger partial charge is 0.478 e. The van der Waals surface area contributed by atoms with Crippen molar-refractivity contribution in [3.05, 3.63) is 41.6 Å². The van der Waals surface area contributed by atoms with E-state index < -0.39 is 5.97 Å². The number of aromatic carboxylic acids is 1. The van der Waals surface area contributed by atoms with Gasteiger partial charge >= 0.3 is 5.97 Å². The molecule has 0 aromatic carbocycles. The molecule has 17 heavy (non-hydrogen) atoms. The number of carboxylic acids is 1. The molecule has 2 rings (SSSR count). The first-order valence-corrected chi connectivity index (χ1v) is 5.14. The van der Waals surface area contributed by atoms with Crippen LogP contribution < -0.4 is 5.32 Å². The fraction of sp³-hybridized carbons (Fsp3) is 0.273. The first kappa shape index (κ1) is 11.4. The molecular weight excluding hydrogens is 222 g/mol. The van der Waals surface area contributed by atoms with Crippen molar-refractivity contribution >= 4 is 5.97 Å². The van der Waals surface area contributed by atoms with E-state index in [1.54, 1.807) is 10.9 Å². The minimum atomic E-state index is -0.975. The molecule has 0 radical (unpaired) electrons. The number of nitrogens with one attached hydrogen (secondary N) is 1. The summed E-state index contributed by atoms with van der Waals surface area (Å²) in [5.41, 5.74) is 1.24. The molecule has 0 spiro atoms. The molecule has 2 aromatic heterocycles. The van der Waals surface area contributed by atoms with Crippen molar-refractivity contribution < 1.29 is 14.3 Å². The highest BCUT2D eigenvalue weighted by Crippen LogP contribution is 2.10. The average molecular weight is 235 g/mol. The summed E-state index contributed by atoms with van der Waals surface area (Å²) in [6.07, 6.45) is 5.03. The van der Waals surface area contributed by atoms with Crippen molar-refractivity contribution in [2.24, 2.45) is 7.05 Å².